The summed E-state index contributed by atoms with van der Waals surface area (Å²) in [7, 11) is 0. The first-order valence-electron chi connectivity index (χ1n) is 8.42. The Hall–Kier alpha value is -1.82. The summed E-state index contributed by atoms with van der Waals surface area (Å²) in [5, 5.41) is 11.3. The number of carbonyl (C=O) groups excluding carboxylic acids is 1. The van der Waals surface area contributed by atoms with Crippen LogP contribution in [-0.4, -0.2) is 34.9 Å². The van der Waals surface area contributed by atoms with Crippen molar-refractivity contribution in [1.29, 1.82) is 0 Å². The molecule has 2 atom stereocenters. The van der Waals surface area contributed by atoms with Crippen molar-refractivity contribution in [1.82, 2.24) is 4.90 Å². The van der Waals surface area contributed by atoms with Gasteiger partial charge in [0.05, 0.1) is 4.92 Å². The standard InChI is InChI=1S/C17H21ClN2O4/c18-13-7-8-16(15(10-13)20(22)23)24-11-17(21)19-9-3-5-12-4-1-2-6-14(12)19/h7-8,10,12,14H,1-6,9,11H2/t12-,14+/m0/s1. The van der Waals surface area contributed by atoms with Gasteiger partial charge >= 0.3 is 5.69 Å². The molecule has 0 unspecified atom stereocenters. The number of nitrogens with zero attached hydrogens (tertiary/aromatic N) is 2. The summed E-state index contributed by atoms with van der Waals surface area (Å²) in [6, 6.07) is 4.50. The van der Waals surface area contributed by atoms with Crippen LogP contribution in [0.25, 0.3) is 0 Å². The molecule has 2 aliphatic rings. The van der Waals surface area contributed by atoms with E-state index in [1.165, 1.54) is 37.5 Å². The molecule has 24 heavy (non-hydrogen) atoms. The molecule has 1 saturated heterocycles. The number of nitro groups is 1. The van der Waals surface area contributed by atoms with Crippen molar-refractivity contribution >= 4 is 23.2 Å². The summed E-state index contributed by atoms with van der Waals surface area (Å²) >= 11 is 5.79. The van der Waals surface area contributed by atoms with Gasteiger partial charge in [0.25, 0.3) is 5.91 Å². The summed E-state index contributed by atoms with van der Waals surface area (Å²) in [6.07, 6.45) is 6.87. The Labute approximate surface area is 145 Å². The number of hydrogen-bond donors (Lipinski definition) is 0. The number of piperidine rings is 1. The Kier molecular flexibility index (Phi) is 5.23. The molecule has 1 aromatic carbocycles. The average Bonchev–Trinajstić information content (AvgIpc) is 2.59. The minimum Gasteiger partial charge on any atom is -0.477 e. The number of hydrogen-bond acceptors (Lipinski definition) is 4. The van der Waals surface area contributed by atoms with Crippen LogP contribution in [0.1, 0.15) is 38.5 Å². The van der Waals surface area contributed by atoms with Gasteiger partial charge in [-0.25, -0.2) is 0 Å². The first-order valence-corrected chi connectivity index (χ1v) is 8.80. The summed E-state index contributed by atoms with van der Waals surface area (Å²) in [6.45, 7) is 0.581. The van der Waals surface area contributed by atoms with Gasteiger partial charge in [-0.2, -0.15) is 0 Å². The number of amides is 1. The molecule has 3 rings (SSSR count). The van der Waals surface area contributed by atoms with Crippen LogP contribution in [0.5, 0.6) is 5.75 Å². The number of halogens is 1. The van der Waals surface area contributed by atoms with E-state index >= 15 is 0 Å². The van der Waals surface area contributed by atoms with Crippen molar-refractivity contribution < 1.29 is 14.5 Å². The van der Waals surface area contributed by atoms with E-state index in [1.54, 1.807) is 0 Å². The van der Waals surface area contributed by atoms with Crippen LogP contribution in [-0.2, 0) is 4.79 Å². The normalized spacial score (nSPS) is 23.5. The highest BCUT2D eigenvalue weighted by molar-refractivity contribution is 6.30. The van der Waals surface area contributed by atoms with Crippen molar-refractivity contribution in [3.05, 3.63) is 33.3 Å². The highest BCUT2D eigenvalue weighted by Gasteiger charge is 2.35. The second-order valence-electron chi connectivity index (χ2n) is 6.50. The van der Waals surface area contributed by atoms with E-state index in [4.69, 9.17) is 16.3 Å². The number of benzene rings is 1. The molecular formula is C17H21ClN2O4. The molecule has 0 aromatic heterocycles. The van der Waals surface area contributed by atoms with Crippen LogP contribution in [0.15, 0.2) is 18.2 Å². The van der Waals surface area contributed by atoms with Crippen molar-refractivity contribution in [3.63, 3.8) is 0 Å². The number of likely N-dealkylation sites (tertiary alicyclic amines) is 1. The molecule has 0 spiro atoms. The summed E-state index contributed by atoms with van der Waals surface area (Å²) in [4.78, 5) is 25.0. The number of fused-ring (bicyclic) bond motifs is 1. The molecule has 1 aliphatic carbocycles. The van der Waals surface area contributed by atoms with Crippen LogP contribution in [0.3, 0.4) is 0 Å². The number of rotatable bonds is 4. The molecule has 7 heteroatoms. The Morgan fingerprint density at radius 2 is 2.04 bits per heavy atom. The predicted octanol–water partition coefficient (Wildman–Crippen LogP) is 3.81. The lowest BCUT2D eigenvalue weighted by molar-refractivity contribution is -0.385. The SMILES string of the molecule is O=C(COc1ccc(Cl)cc1[N+](=O)[O-])N1CCC[C@@H]2CCCC[C@H]21. The van der Waals surface area contributed by atoms with Gasteiger partial charge in [-0.3, -0.25) is 14.9 Å². The van der Waals surface area contributed by atoms with Crippen LogP contribution in [0.2, 0.25) is 5.02 Å². The van der Waals surface area contributed by atoms with Crippen molar-refractivity contribution in [2.45, 2.75) is 44.6 Å². The Bertz CT molecular complexity index is 635. The summed E-state index contributed by atoms with van der Waals surface area (Å²) < 4.78 is 5.46. The molecule has 0 radical (unpaired) electrons. The molecule has 0 N–H and O–H groups in total. The molecule has 1 saturated carbocycles. The van der Waals surface area contributed by atoms with Gasteiger partial charge in [0.15, 0.2) is 12.4 Å². The lowest BCUT2D eigenvalue weighted by Crippen LogP contribution is -2.51. The predicted molar refractivity (Wildman–Crippen MR) is 90.3 cm³/mol. The van der Waals surface area contributed by atoms with Gasteiger partial charge in [-0.15, -0.1) is 0 Å². The molecule has 1 aliphatic heterocycles. The third-order valence-electron chi connectivity index (χ3n) is 5.03. The lowest BCUT2D eigenvalue weighted by atomic mass is 9.78. The van der Waals surface area contributed by atoms with E-state index in [9.17, 15) is 14.9 Å². The Morgan fingerprint density at radius 3 is 2.83 bits per heavy atom. The highest BCUT2D eigenvalue weighted by Crippen LogP contribution is 2.35. The Balaban J connectivity index is 1.66. The second-order valence-corrected chi connectivity index (χ2v) is 6.94. The maximum Gasteiger partial charge on any atom is 0.312 e. The minimum atomic E-state index is -0.552. The zero-order chi connectivity index (χ0) is 17.1. The molecular weight excluding hydrogens is 332 g/mol. The van der Waals surface area contributed by atoms with E-state index < -0.39 is 4.92 Å². The van der Waals surface area contributed by atoms with Gasteiger partial charge in [0.1, 0.15) is 0 Å². The van der Waals surface area contributed by atoms with Crippen LogP contribution in [0.4, 0.5) is 5.69 Å². The maximum atomic E-state index is 12.6. The molecule has 130 valence electrons. The fraction of sp³-hybridized carbons (Fsp3) is 0.588. The van der Waals surface area contributed by atoms with Gasteiger partial charge in [0.2, 0.25) is 0 Å². The van der Waals surface area contributed by atoms with E-state index in [0.29, 0.717) is 12.0 Å². The maximum absolute atomic E-state index is 12.6. The van der Waals surface area contributed by atoms with E-state index in [0.717, 1.165) is 25.8 Å². The lowest BCUT2D eigenvalue weighted by Gasteiger charge is -2.44. The molecule has 1 amide bonds. The molecule has 1 aromatic rings. The van der Waals surface area contributed by atoms with Crippen LogP contribution < -0.4 is 4.74 Å². The molecule has 6 nitrogen and oxygen atoms in total. The van der Waals surface area contributed by atoms with Gasteiger partial charge in [-0.05, 0) is 43.7 Å². The summed E-state index contributed by atoms with van der Waals surface area (Å²) in [5.74, 6) is 0.590. The number of nitro benzene ring substituents is 1. The van der Waals surface area contributed by atoms with Crippen LogP contribution >= 0.6 is 11.6 Å². The molecule has 1 heterocycles. The monoisotopic (exact) mass is 352 g/mol. The topological polar surface area (TPSA) is 72.7 Å². The van der Waals surface area contributed by atoms with E-state index in [1.807, 2.05) is 4.90 Å². The average molecular weight is 353 g/mol. The van der Waals surface area contributed by atoms with Crippen molar-refractivity contribution in [2.24, 2.45) is 5.92 Å². The van der Waals surface area contributed by atoms with Gasteiger partial charge in [0, 0.05) is 23.7 Å². The van der Waals surface area contributed by atoms with Gasteiger partial charge < -0.3 is 9.64 Å². The molecule has 2 fully saturated rings. The summed E-state index contributed by atoms with van der Waals surface area (Å²) in [5.41, 5.74) is -0.218. The van der Waals surface area contributed by atoms with Crippen LogP contribution in [0, 0.1) is 16.0 Å². The van der Waals surface area contributed by atoms with E-state index in [-0.39, 0.29) is 29.0 Å². The quantitative estimate of drug-likeness (QED) is 0.610. The first kappa shape index (κ1) is 17.0. The van der Waals surface area contributed by atoms with Crippen molar-refractivity contribution in [3.8, 4) is 5.75 Å². The second kappa shape index (κ2) is 7.38. The molecule has 0 bridgehead atoms. The highest BCUT2D eigenvalue weighted by atomic mass is 35.5. The zero-order valence-corrected chi connectivity index (χ0v) is 14.2. The number of ether oxygens (including phenoxy) is 1. The van der Waals surface area contributed by atoms with Gasteiger partial charge in [-0.1, -0.05) is 24.4 Å². The Morgan fingerprint density at radius 1 is 1.29 bits per heavy atom. The third kappa shape index (κ3) is 3.64. The fourth-order valence-electron chi connectivity index (χ4n) is 3.91. The fourth-order valence-corrected chi connectivity index (χ4v) is 4.08. The van der Waals surface area contributed by atoms with E-state index in [2.05, 4.69) is 0 Å². The third-order valence-corrected chi connectivity index (χ3v) is 5.27. The largest absolute Gasteiger partial charge is 0.477 e. The number of carbonyl (C=O) groups is 1. The smallest absolute Gasteiger partial charge is 0.312 e. The van der Waals surface area contributed by atoms with Crippen molar-refractivity contribution in [2.75, 3.05) is 13.2 Å². The minimum absolute atomic E-state index is 0.0787. The zero-order valence-electron chi connectivity index (χ0n) is 13.4. The first-order chi connectivity index (χ1) is 11.6.